The summed E-state index contributed by atoms with van der Waals surface area (Å²) in [6.45, 7) is 1.95. The second kappa shape index (κ2) is 5.73. The number of aromatic nitrogens is 1. The maximum Gasteiger partial charge on any atom is 0.263 e. The molecule has 0 spiro atoms. The summed E-state index contributed by atoms with van der Waals surface area (Å²) >= 11 is 1.30. The quantitative estimate of drug-likeness (QED) is 0.898. The summed E-state index contributed by atoms with van der Waals surface area (Å²) in [4.78, 5) is 16.4. The number of hydrogen-bond donors (Lipinski definition) is 2. The number of carbonyl (C=O) groups excluding carboxylic acids is 1. The molecular formula is C13H18F2N2O2S. The van der Waals surface area contributed by atoms with Crippen LogP contribution in [-0.2, 0) is 6.42 Å². The lowest BCUT2D eigenvalue weighted by Gasteiger charge is -2.35. The van der Waals surface area contributed by atoms with Crippen LogP contribution in [-0.4, -0.2) is 34.1 Å². The Bertz CT molecular complexity index is 480. The molecule has 2 N–H and O–H groups in total. The first kappa shape index (κ1) is 15.3. The minimum Gasteiger partial charge on any atom is -0.388 e. The summed E-state index contributed by atoms with van der Waals surface area (Å²) in [5.74, 6) is -3.00. The topological polar surface area (TPSA) is 62.2 Å². The molecule has 0 bridgehead atoms. The number of carbonyl (C=O) groups is 1. The fourth-order valence-electron chi connectivity index (χ4n) is 2.17. The van der Waals surface area contributed by atoms with Crippen LogP contribution in [0.3, 0.4) is 0 Å². The Morgan fingerprint density at radius 1 is 1.45 bits per heavy atom. The van der Waals surface area contributed by atoms with E-state index >= 15 is 0 Å². The monoisotopic (exact) mass is 304 g/mol. The van der Waals surface area contributed by atoms with E-state index in [1.807, 2.05) is 6.92 Å². The number of amides is 1. The molecule has 1 amide bonds. The van der Waals surface area contributed by atoms with Gasteiger partial charge in [-0.3, -0.25) is 4.79 Å². The molecule has 1 aliphatic rings. The van der Waals surface area contributed by atoms with Crippen LogP contribution >= 0.6 is 11.3 Å². The van der Waals surface area contributed by atoms with Crippen molar-refractivity contribution in [3.63, 3.8) is 0 Å². The van der Waals surface area contributed by atoms with Crippen molar-refractivity contribution >= 4 is 17.2 Å². The minimum atomic E-state index is -2.69. The number of aliphatic hydroxyl groups is 1. The van der Waals surface area contributed by atoms with Crippen molar-refractivity contribution in [1.29, 1.82) is 0 Å². The van der Waals surface area contributed by atoms with Crippen LogP contribution in [0.2, 0.25) is 0 Å². The van der Waals surface area contributed by atoms with Crippen LogP contribution in [0, 0.1) is 0 Å². The van der Waals surface area contributed by atoms with Crippen LogP contribution in [0.15, 0.2) is 6.20 Å². The second-order valence-electron chi connectivity index (χ2n) is 5.23. The van der Waals surface area contributed by atoms with Crippen molar-refractivity contribution < 1.29 is 18.7 Å². The Morgan fingerprint density at radius 3 is 2.65 bits per heavy atom. The molecule has 1 aromatic rings. The molecule has 2 rings (SSSR count). The molecular weight excluding hydrogens is 286 g/mol. The zero-order chi connectivity index (χ0) is 14.8. The van der Waals surface area contributed by atoms with Crippen LogP contribution in [0.4, 0.5) is 8.78 Å². The van der Waals surface area contributed by atoms with E-state index < -0.39 is 11.5 Å². The first-order valence-electron chi connectivity index (χ1n) is 6.67. The molecule has 4 nitrogen and oxygen atoms in total. The number of nitrogens with zero attached hydrogens (tertiary/aromatic N) is 1. The first-order valence-corrected chi connectivity index (χ1v) is 7.48. The lowest BCUT2D eigenvalue weighted by atomic mass is 9.83. The largest absolute Gasteiger partial charge is 0.388 e. The summed E-state index contributed by atoms with van der Waals surface area (Å²) in [6.07, 6.45) is 1.60. The molecule has 1 saturated carbocycles. The van der Waals surface area contributed by atoms with Gasteiger partial charge in [0.25, 0.3) is 5.91 Å². The highest BCUT2D eigenvalue weighted by molar-refractivity contribution is 7.13. The van der Waals surface area contributed by atoms with E-state index in [1.54, 1.807) is 0 Å². The predicted molar refractivity (Wildman–Crippen MR) is 72.2 cm³/mol. The Hall–Kier alpha value is -1.08. The predicted octanol–water partition coefficient (Wildman–Crippen LogP) is 2.38. The van der Waals surface area contributed by atoms with Gasteiger partial charge in [0.2, 0.25) is 5.92 Å². The van der Waals surface area contributed by atoms with Gasteiger partial charge in [0.1, 0.15) is 4.88 Å². The Balaban J connectivity index is 1.87. The number of rotatable bonds is 4. The maximum absolute atomic E-state index is 13.0. The lowest BCUT2D eigenvalue weighted by Crippen LogP contribution is -2.47. The molecule has 112 valence electrons. The number of hydrogen-bond acceptors (Lipinski definition) is 4. The summed E-state index contributed by atoms with van der Waals surface area (Å²) < 4.78 is 26.1. The highest BCUT2D eigenvalue weighted by Crippen LogP contribution is 2.38. The van der Waals surface area contributed by atoms with E-state index in [4.69, 9.17) is 0 Å². The number of aryl methyl sites for hydroxylation is 1. The third kappa shape index (κ3) is 3.73. The SMILES string of the molecule is CCc1ncc(C(=O)NCC2(O)CCC(F)(F)CC2)s1. The van der Waals surface area contributed by atoms with Gasteiger partial charge in [-0.1, -0.05) is 6.92 Å². The zero-order valence-corrected chi connectivity index (χ0v) is 12.1. The van der Waals surface area contributed by atoms with Crippen LogP contribution in [0.5, 0.6) is 0 Å². The average molecular weight is 304 g/mol. The van der Waals surface area contributed by atoms with Crippen LogP contribution < -0.4 is 5.32 Å². The number of halogens is 2. The van der Waals surface area contributed by atoms with Crippen molar-refractivity contribution in [1.82, 2.24) is 10.3 Å². The molecule has 0 radical (unpaired) electrons. The average Bonchev–Trinajstić information content (AvgIpc) is 2.89. The molecule has 1 aromatic heterocycles. The number of alkyl halides is 2. The highest BCUT2D eigenvalue weighted by atomic mass is 32.1. The first-order chi connectivity index (χ1) is 9.34. The number of thiazole rings is 1. The summed E-state index contributed by atoms with van der Waals surface area (Å²) in [7, 11) is 0. The normalized spacial score (nSPS) is 20.6. The van der Waals surface area contributed by atoms with Gasteiger partial charge in [-0.25, -0.2) is 13.8 Å². The molecule has 0 unspecified atom stereocenters. The highest BCUT2D eigenvalue weighted by Gasteiger charge is 2.42. The van der Waals surface area contributed by atoms with Crippen LogP contribution in [0.25, 0.3) is 0 Å². The maximum atomic E-state index is 13.0. The molecule has 0 atom stereocenters. The van der Waals surface area contributed by atoms with E-state index in [1.165, 1.54) is 17.5 Å². The fourth-order valence-corrected chi connectivity index (χ4v) is 2.94. The summed E-state index contributed by atoms with van der Waals surface area (Å²) in [5, 5.41) is 13.7. The van der Waals surface area contributed by atoms with Gasteiger partial charge in [0.05, 0.1) is 16.8 Å². The van der Waals surface area contributed by atoms with E-state index in [0.29, 0.717) is 4.88 Å². The van der Waals surface area contributed by atoms with Crippen LogP contribution in [0.1, 0.15) is 47.3 Å². The van der Waals surface area contributed by atoms with Gasteiger partial charge in [-0.15, -0.1) is 11.3 Å². The van der Waals surface area contributed by atoms with Crippen molar-refractivity contribution in [3.05, 3.63) is 16.1 Å². The van der Waals surface area contributed by atoms with Crippen molar-refractivity contribution in [2.75, 3.05) is 6.54 Å². The Morgan fingerprint density at radius 2 is 2.10 bits per heavy atom. The van der Waals surface area contributed by atoms with E-state index in [0.717, 1.165) is 11.4 Å². The van der Waals surface area contributed by atoms with E-state index in [9.17, 15) is 18.7 Å². The summed E-state index contributed by atoms with van der Waals surface area (Å²) in [6, 6.07) is 0. The summed E-state index contributed by atoms with van der Waals surface area (Å²) in [5.41, 5.74) is -1.23. The Labute approximate surface area is 120 Å². The van der Waals surface area contributed by atoms with Crippen molar-refractivity contribution in [2.45, 2.75) is 50.6 Å². The van der Waals surface area contributed by atoms with Crippen molar-refractivity contribution in [3.8, 4) is 0 Å². The van der Waals surface area contributed by atoms with Gasteiger partial charge >= 0.3 is 0 Å². The van der Waals surface area contributed by atoms with Gasteiger partial charge in [-0.05, 0) is 19.3 Å². The number of nitrogens with one attached hydrogen (secondary N) is 1. The second-order valence-corrected chi connectivity index (χ2v) is 6.35. The van der Waals surface area contributed by atoms with E-state index in [2.05, 4.69) is 10.3 Å². The standard InChI is InChI=1S/C13H18F2N2O2S/c1-2-10-16-7-9(20-10)11(18)17-8-12(19)3-5-13(14,15)6-4-12/h7,19H,2-6,8H2,1H3,(H,17,18). The van der Waals surface area contributed by atoms with Gasteiger partial charge < -0.3 is 10.4 Å². The zero-order valence-electron chi connectivity index (χ0n) is 11.3. The smallest absolute Gasteiger partial charge is 0.263 e. The minimum absolute atomic E-state index is 0.00126. The molecule has 7 heteroatoms. The molecule has 1 aliphatic carbocycles. The molecule has 0 aromatic carbocycles. The fraction of sp³-hybridized carbons (Fsp3) is 0.692. The third-order valence-corrected chi connectivity index (χ3v) is 4.71. The molecule has 20 heavy (non-hydrogen) atoms. The Kier molecular flexibility index (Phi) is 4.39. The molecule has 0 saturated heterocycles. The van der Waals surface area contributed by atoms with E-state index in [-0.39, 0.29) is 38.1 Å². The lowest BCUT2D eigenvalue weighted by molar-refractivity contribution is -0.101. The molecule has 1 fully saturated rings. The molecule has 1 heterocycles. The van der Waals surface area contributed by atoms with Gasteiger partial charge in [0.15, 0.2) is 0 Å². The van der Waals surface area contributed by atoms with Gasteiger partial charge in [0, 0.05) is 19.4 Å². The van der Waals surface area contributed by atoms with Gasteiger partial charge in [-0.2, -0.15) is 0 Å². The van der Waals surface area contributed by atoms with Crippen molar-refractivity contribution in [2.24, 2.45) is 0 Å². The molecule has 0 aliphatic heterocycles. The third-order valence-electron chi connectivity index (χ3n) is 3.57.